The Hall–Kier alpha value is -2.84. The molecule has 0 fully saturated rings. The molecule has 0 atom stereocenters. The summed E-state index contributed by atoms with van der Waals surface area (Å²) >= 11 is 5.83. The van der Waals surface area contributed by atoms with Crippen molar-refractivity contribution in [2.45, 2.75) is 13.0 Å². The van der Waals surface area contributed by atoms with Gasteiger partial charge in [-0.15, -0.1) is 0 Å². The predicted octanol–water partition coefficient (Wildman–Crippen LogP) is 2.59. The van der Waals surface area contributed by atoms with Crippen molar-refractivity contribution in [1.82, 2.24) is 15.6 Å². The molecule has 0 saturated heterocycles. The molecule has 0 bridgehead atoms. The molecule has 0 saturated carbocycles. The third kappa shape index (κ3) is 5.75. The molecule has 2 N–H and O–H groups in total. The standard InChI is InChI=1S/C18H17ClN4O/c19-17-5-3-14(4-6-17)7-9-22-13-16(10-20)18(24)23-12-15-2-1-8-21-11-15/h1-6,8,11,13,22H,7,9,12H2,(H,23,24)/b16-13-. The molecule has 0 radical (unpaired) electrons. The van der Waals surface area contributed by atoms with E-state index in [1.807, 2.05) is 36.4 Å². The van der Waals surface area contributed by atoms with Gasteiger partial charge in [-0.3, -0.25) is 9.78 Å². The summed E-state index contributed by atoms with van der Waals surface area (Å²) < 4.78 is 0. The fourth-order valence-electron chi connectivity index (χ4n) is 1.97. The van der Waals surface area contributed by atoms with Crippen molar-refractivity contribution in [1.29, 1.82) is 5.26 Å². The smallest absolute Gasteiger partial charge is 0.263 e. The highest BCUT2D eigenvalue weighted by Gasteiger charge is 2.08. The van der Waals surface area contributed by atoms with Gasteiger partial charge in [-0.05, 0) is 35.7 Å². The van der Waals surface area contributed by atoms with Crippen LogP contribution >= 0.6 is 11.6 Å². The van der Waals surface area contributed by atoms with Crippen LogP contribution in [0.1, 0.15) is 11.1 Å². The first-order chi connectivity index (χ1) is 11.7. The summed E-state index contributed by atoms with van der Waals surface area (Å²) in [6.45, 7) is 0.944. The number of carbonyl (C=O) groups is 1. The van der Waals surface area contributed by atoms with Crippen LogP contribution in [0, 0.1) is 11.3 Å². The van der Waals surface area contributed by atoms with Crippen LogP contribution in [0.4, 0.5) is 0 Å². The molecule has 122 valence electrons. The van der Waals surface area contributed by atoms with Crippen LogP contribution in [0.3, 0.4) is 0 Å². The zero-order valence-corrected chi connectivity index (χ0v) is 13.8. The van der Waals surface area contributed by atoms with Crippen molar-refractivity contribution in [3.8, 4) is 6.07 Å². The molecule has 1 heterocycles. The summed E-state index contributed by atoms with van der Waals surface area (Å²) in [4.78, 5) is 15.9. The average molecular weight is 341 g/mol. The Kier molecular flexibility index (Phi) is 6.81. The van der Waals surface area contributed by atoms with Crippen LogP contribution in [0.2, 0.25) is 5.02 Å². The van der Waals surface area contributed by atoms with E-state index in [-0.39, 0.29) is 5.57 Å². The maximum absolute atomic E-state index is 12.0. The van der Waals surface area contributed by atoms with Crippen molar-refractivity contribution >= 4 is 17.5 Å². The molecule has 0 spiro atoms. The minimum Gasteiger partial charge on any atom is -0.389 e. The number of pyridine rings is 1. The van der Waals surface area contributed by atoms with Gasteiger partial charge >= 0.3 is 0 Å². The first-order valence-electron chi connectivity index (χ1n) is 7.44. The van der Waals surface area contributed by atoms with E-state index in [9.17, 15) is 4.79 Å². The van der Waals surface area contributed by atoms with Gasteiger partial charge in [0.15, 0.2) is 0 Å². The maximum Gasteiger partial charge on any atom is 0.263 e. The largest absolute Gasteiger partial charge is 0.389 e. The van der Waals surface area contributed by atoms with Crippen LogP contribution in [0.5, 0.6) is 0 Å². The second-order valence-electron chi connectivity index (χ2n) is 5.04. The molecule has 5 nitrogen and oxygen atoms in total. The van der Waals surface area contributed by atoms with Gasteiger partial charge in [-0.1, -0.05) is 29.8 Å². The van der Waals surface area contributed by atoms with E-state index in [2.05, 4.69) is 15.6 Å². The highest BCUT2D eigenvalue weighted by atomic mass is 35.5. The number of aromatic nitrogens is 1. The van der Waals surface area contributed by atoms with Crippen molar-refractivity contribution < 1.29 is 4.79 Å². The maximum atomic E-state index is 12.0. The van der Waals surface area contributed by atoms with Gasteiger partial charge in [-0.2, -0.15) is 5.26 Å². The zero-order chi connectivity index (χ0) is 17.2. The monoisotopic (exact) mass is 340 g/mol. The highest BCUT2D eigenvalue weighted by Crippen LogP contribution is 2.09. The number of halogens is 1. The minimum absolute atomic E-state index is 0.0370. The van der Waals surface area contributed by atoms with Crippen LogP contribution in [-0.2, 0) is 17.8 Å². The van der Waals surface area contributed by atoms with Crippen molar-refractivity contribution in [2.75, 3.05) is 6.54 Å². The summed E-state index contributed by atoms with van der Waals surface area (Å²) in [5.41, 5.74) is 2.04. The fraction of sp³-hybridized carbons (Fsp3) is 0.167. The minimum atomic E-state index is -0.416. The summed E-state index contributed by atoms with van der Waals surface area (Å²) in [7, 11) is 0. The van der Waals surface area contributed by atoms with E-state index in [4.69, 9.17) is 16.9 Å². The molecular weight excluding hydrogens is 324 g/mol. The third-order valence-electron chi connectivity index (χ3n) is 3.26. The topological polar surface area (TPSA) is 77.8 Å². The number of amides is 1. The lowest BCUT2D eigenvalue weighted by Gasteiger charge is -2.05. The molecule has 2 rings (SSSR count). The second kappa shape index (κ2) is 9.33. The lowest BCUT2D eigenvalue weighted by molar-refractivity contribution is -0.117. The summed E-state index contributed by atoms with van der Waals surface area (Å²) in [5, 5.41) is 15.5. The predicted molar refractivity (Wildman–Crippen MR) is 92.9 cm³/mol. The fourth-order valence-corrected chi connectivity index (χ4v) is 2.10. The Labute approximate surface area is 146 Å². The first kappa shape index (κ1) is 17.5. The molecule has 2 aromatic rings. The SMILES string of the molecule is N#C/C(=C/NCCc1ccc(Cl)cc1)C(=O)NCc1cccnc1. The van der Waals surface area contributed by atoms with Gasteiger partial charge in [0, 0.05) is 36.7 Å². The number of benzene rings is 1. The van der Waals surface area contributed by atoms with Gasteiger partial charge in [0.2, 0.25) is 0 Å². The molecule has 0 aliphatic carbocycles. The van der Waals surface area contributed by atoms with Crippen molar-refractivity contribution in [3.63, 3.8) is 0 Å². The zero-order valence-electron chi connectivity index (χ0n) is 13.0. The number of rotatable bonds is 7. The molecule has 0 unspecified atom stereocenters. The summed E-state index contributed by atoms with van der Waals surface area (Å²) in [6, 6.07) is 13.1. The molecule has 1 amide bonds. The van der Waals surface area contributed by atoms with E-state index < -0.39 is 5.91 Å². The Balaban J connectivity index is 1.79. The van der Waals surface area contributed by atoms with E-state index in [0.29, 0.717) is 18.1 Å². The van der Waals surface area contributed by atoms with Gasteiger partial charge in [0.25, 0.3) is 5.91 Å². The quantitative estimate of drug-likeness (QED) is 0.461. The molecule has 24 heavy (non-hydrogen) atoms. The highest BCUT2D eigenvalue weighted by molar-refractivity contribution is 6.30. The van der Waals surface area contributed by atoms with E-state index in [0.717, 1.165) is 17.5 Å². The molecule has 1 aromatic carbocycles. The average Bonchev–Trinajstić information content (AvgIpc) is 2.62. The second-order valence-corrected chi connectivity index (χ2v) is 5.48. The summed E-state index contributed by atoms with van der Waals surface area (Å²) in [5.74, 6) is -0.416. The molecule has 1 aromatic heterocycles. The molecular formula is C18H17ClN4O. The first-order valence-corrected chi connectivity index (χ1v) is 7.82. The number of nitriles is 1. The van der Waals surface area contributed by atoms with E-state index >= 15 is 0 Å². The van der Waals surface area contributed by atoms with Crippen LogP contribution in [0.25, 0.3) is 0 Å². The lowest BCUT2D eigenvalue weighted by Crippen LogP contribution is -2.25. The Bertz CT molecular complexity index is 736. The van der Waals surface area contributed by atoms with Crippen LogP contribution in [-0.4, -0.2) is 17.4 Å². The summed E-state index contributed by atoms with van der Waals surface area (Å²) in [6.07, 6.45) is 5.54. The number of hydrogen-bond donors (Lipinski definition) is 2. The normalized spacial score (nSPS) is 10.8. The van der Waals surface area contributed by atoms with Crippen LogP contribution < -0.4 is 10.6 Å². The third-order valence-corrected chi connectivity index (χ3v) is 3.51. The number of carbonyl (C=O) groups excluding carboxylic acids is 1. The van der Waals surface area contributed by atoms with Gasteiger partial charge in [0.1, 0.15) is 11.6 Å². The number of hydrogen-bond acceptors (Lipinski definition) is 4. The molecule has 6 heteroatoms. The Morgan fingerprint density at radius 1 is 1.25 bits per heavy atom. The van der Waals surface area contributed by atoms with Crippen LogP contribution in [0.15, 0.2) is 60.6 Å². The van der Waals surface area contributed by atoms with E-state index in [1.54, 1.807) is 18.5 Å². The number of nitrogens with zero attached hydrogens (tertiary/aromatic N) is 2. The molecule has 0 aliphatic heterocycles. The Morgan fingerprint density at radius 2 is 2.04 bits per heavy atom. The van der Waals surface area contributed by atoms with Gasteiger partial charge in [0.05, 0.1) is 0 Å². The van der Waals surface area contributed by atoms with E-state index in [1.165, 1.54) is 6.20 Å². The van der Waals surface area contributed by atoms with Gasteiger partial charge < -0.3 is 10.6 Å². The lowest BCUT2D eigenvalue weighted by atomic mass is 10.1. The van der Waals surface area contributed by atoms with Crippen molar-refractivity contribution in [2.24, 2.45) is 0 Å². The Morgan fingerprint density at radius 3 is 2.71 bits per heavy atom. The van der Waals surface area contributed by atoms with Gasteiger partial charge in [-0.25, -0.2) is 0 Å². The molecule has 0 aliphatic rings. The van der Waals surface area contributed by atoms with Crippen molar-refractivity contribution in [3.05, 3.63) is 76.7 Å². The number of nitrogens with one attached hydrogen (secondary N) is 2.